The molecule has 2 rings (SSSR count). The van der Waals surface area contributed by atoms with E-state index in [0.717, 1.165) is 0 Å². The number of aliphatic hydroxyl groups is 1. The third-order valence-electron chi connectivity index (χ3n) is 3.28. The molecule has 7 nitrogen and oxygen atoms in total. The second-order valence-electron chi connectivity index (χ2n) is 4.55. The summed E-state index contributed by atoms with van der Waals surface area (Å²) in [7, 11) is 6.11. The SMILES string of the molecule is COc1cc(OC)c(-c2cc(CO)c(=O)n(C)n2)c(OC)c1. The average Bonchev–Trinajstić information content (AvgIpc) is 2.55. The fraction of sp³-hybridized carbons (Fsp3) is 0.333. The molecule has 1 aromatic carbocycles. The van der Waals surface area contributed by atoms with E-state index in [0.29, 0.717) is 28.5 Å². The topological polar surface area (TPSA) is 82.8 Å². The molecule has 1 N–H and O–H groups in total. The third-order valence-corrected chi connectivity index (χ3v) is 3.28. The van der Waals surface area contributed by atoms with E-state index in [2.05, 4.69) is 5.10 Å². The van der Waals surface area contributed by atoms with Gasteiger partial charge >= 0.3 is 0 Å². The fourth-order valence-corrected chi connectivity index (χ4v) is 2.16. The van der Waals surface area contributed by atoms with Crippen molar-refractivity contribution in [2.75, 3.05) is 21.3 Å². The summed E-state index contributed by atoms with van der Waals surface area (Å²) in [6, 6.07) is 4.92. The molecule has 0 saturated carbocycles. The van der Waals surface area contributed by atoms with Crippen LogP contribution < -0.4 is 19.8 Å². The lowest BCUT2D eigenvalue weighted by atomic mass is 10.1. The van der Waals surface area contributed by atoms with Crippen molar-refractivity contribution < 1.29 is 19.3 Å². The summed E-state index contributed by atoms with van der Waals surface area (Å²) in [5.74, 6) is 1.56. The molecule has 0 radical (unpaired) electrons. The second-order valence-corrected chi connectivity index (χ2v) is 4.55. The van der Waals surface area contributed by atoms with Gasteiger partial charge in [0.1, 0.15) is 17.2 Å². The van der Waals surface area contributed by atoms with Crippen molar-refractivity contribution in [2.45, 2.75) is 6.61 Å². The van der Waals surface area contributed by atoms with Crippen LogP contribution >= 0.6 is 0 Å². The van der Waals surface area contributed by atoms with Crippen LogP contribution in [0.4, 0.5) is 0 Å². The van der Waals surface area contributed by atoms with E-state index >= 15 is 0 Å². The van der Waals surface area contributed by atoms with E-state index in [1.165, 1.54) is 32.0 Å². The zero-order valence-corrected chi connectivity index (χ0v) is 12.9. The number of benzene rings is 1. The Morgan fingerprint density at radius 3 is 2.14 bits per heavy atom. The Morgan fingerprint density at radius 2 is 1.68 bits per heavy atom. The second kappa shape index (κ2) is 6.48. The zero-order chi connectivity index (χ0) is 16.3. The van der Waals surface area contributed by atoms with Crippen LogP contribution in [0.15, 0.2) is 23.0 Å². The normalized spacial score (nSPS) is 10.4. The maximum atomic E-state index is 11.9. The van der Waals surface area contributed by atoms with E-state index in [1.54, 1.807) is 19.2 Å². The van der Waals surface area contributed by atoms with Crippen molar-refractivity contribution in [1.29, 1.82) is 0 Å². The lowest BCUT2D eigenvalue weighted by Crippen LogP contribution is -2.24. The van der Waals surface area contributed by atoms with Gasteiger partial charge in [0.05, 0.1) is 39.2 Å². The number of aromatic nitrogens is 2. The minimum atomic E-state index is -0.372. The summed E-state index contributed by atoms with van der Waals surface area (Å²) in [5.41, 5.74) is 0.934. The highest BCUT2D eigenvalue weighted by Gasteiger charge is 2.18. The number of hydrogen-bond acceptors (Lipinski definition) is 6. The van der Waals surface area contributed by atoms with Gasteiger partial charge in [0.2, 0.25) is 0 Å². The molecule has 1 aromatic heterocycles. The highest BCUT2D eigenvalue weighted by atomic mass is 16.5. The van der Waals surface area contributed by atoms with Crippen LogP contribution in [0.2, 0.25) is 0 Å². The van der Waals surface area contributed by atoms with Crippen molar-refractivity contribution in [1.82, 2.24) is 9.78 Å². The Balaban J connectivity index is 2.76. The first-order valence-corrected chi connectivity index (χ1v) is 6.54. The number of methoxy groups -OCH3 is 3. The number of rotatable bonds is 5. The number of ether oxygens (including phenoxy) is 3. The number of hydrogen-bond donors (Lipinski definition) is 1. The van der Waals surface area contributed by atoms with Gasteiger partial charge in [-0.3, -0.25) is 4.79 Å². The van der Waals surface area contributed by atoms with Gasteiger partial charge < -0.3 is 19.3 Å². The average molecular weight is 306 g/mol. The molecule has 0 unspecified atom stereocenters. The van der Waals surface area contributed by atoms with Crippen molar-refractivity contribution in [3.63, 3.8) is 0 Å². The molecule has 22 heavy (non-hydrogen) atoms. The lowest BCUT2D eigenvalue weighted by molar-refractivity contribution is 0.278. The highest BCUT2D eigenvalue weighted by molar-refractivity contribution is 5.76. The van der Waals surface area contributed by atoms with Crippen molar-refractivity contribution in [3.05, 3.63) is 34.1 Å². The van der Waals surface area contributed by atoms with Crippen molar-refractivity contribution in [2.24, 2.45) is 7.05 Å². The van der Waals surface area contributed by atoms with E-state index in [-0.39, 0.29) is 17.7 Å². The van der Waals surface area contributed by atoms with Crippen LogP contribution in [-0.2, 0) is 13.7 Å². The van der Waals surface area contributed by atoms with Gasteiger partial charge in [0, 0.05) is 24.7 Å². The molecule has 0 amide bonds. The number of aliphatic hydroxyl groups excluding tert-OH is 1. The monoisotopic (exact) mass is 306 g/mol. The predicted molar refractivity (Wildman–Crippen MR) is 80.5 cm³/mol. The maximum absolute atomic E-state index is 11.9. The Bertz CT molecular complexity index is 714. The minimum absolute atomic E-state index is 0.243. The first-order chi connectivity index (χ1) is 10.5. The van der Waals surface area contributed by atoms with Gasteiger partial charge in [-0.2, -0.15) is 5.10 Å². The highest BCUT2D eigenvalue weighted by Crippen LogP contribution is 2.40. The smallest absolute Gasteiger partial charge is 0.272 e. The molecule has 0 aliphatic heterocycles. The summed E-state index contributed by atoms with van der Waals surface area (Å²) in [4.78, 5) is 11.9. The molecule has 2 aromatic rings. The van der Waals surface area contributed by atoms with Crippen molar-refractivity contribution in [3.8, 4) is 28.5 Å². The molecule has 118 valence electrons. The molecule has 0 atom stereocenters. The summed E-state index contributed by atoms with van der Waals surface area (Å²) in [6.45, 7) is -0.372. The molecule has 0 aliphatic carbocycles. The van der Waals surface area contributed by atoms with E-state index < -0.39 is 0 Å². The first-order valence-electron chi connectivity index (χ1n) is 6.54. The van der Waals surface area contributed by atoms with Crippen LogP contribution in [0, 0.1) is 0 Å². The van der Waals surface area contributed by atoms with Crippen LogP contribution in [-0.4, -0.2) is 36.2 Å². The van der Waals surface area contributed by atoms with Crippen LogP contribution in [0.5, 0.6) is 17.2 Å². The Labute approximate surface area is 127 Å². The van der Waals surface area contributed by atoms with Gasteiger partial charge in [0.25, 0.3) is 5.56 Å². The fourth-order valence-electron chi connectivity index (χ4n) is 2.16. The predicted octanol–water partition coefficient (Wildman–Crippen LogP) is 0.965. The molecular formula is C15H18N2O5. The van der Waals surface area contributed by atoms with Gasteiger partial charge in [-0.05, 0) is 6.07 Å². The minimum Gasteiger partial charge on any atom is -0.496 e. The molecule has 0 saturated heterocycles. The van der Waals surface area contributed by atoms with Gasteiger partial charge in [-0.25, -0.2) is 4.68 Å². The van der Waals surface area contributed by atoms with Crippen LogP contribution in [0.1, 0.15) is 5.56 Å². The third kappa shape index (κ3) is 2.75. The van der Waals surface area contributed by atoms with Gasteiger partial charge in [-0.1, -0.05) is 0 Å². The van der Waals surface area contributed by atoms with E-state index in [1.807, 2.05) is 0 Å². The Morgan fingerprint density at radius 1 is 1.09 bits per heavy atom. The number of aryl methyl sites for hydroxylation is 1. The quantitative estimate of drug-likeness (QED) is 0.886. The van der Waals surface area contributed by atoms with Crippen molar-refractivity contribution >= 4 is 0 Å². The van der Waals surface area contributed by atoms with Gasteiger partial charge in [0.15, 0.2) is 0 Å². The summed E-state index contributed by atoms with van der Waals surface area (Å²) < 4.78 is 17.1. The molecule has 0 aliphatic rings. The summed E-state index contributed by atoms with van der Waals surface area (Å²) >= 11 is 0. The molecule has 1 heterocycles. The molecule has 0 fully saturated rings. The first kappa shape index (κ1) is 15.8. The Hall–Kier alpha value is -2.54. The lowest BCUT2D eigenvalue weighted by Gasteiger charge is -2.15. The zero-order valence-electron chi connectivity index (χ0n) is 12.9. The molecule has 7 heteroatoms. The summed E-state index contributed by atoms with van der Waals surface area (Å²) in [6.07, 6.45) is 0. The Kier molecular flexibility index (Phi) is 4.67. The maximum Gasteiger partial charge on any atom is 0.272 e. The molecule has 0 bridgehead atoms. The molecule has 0 spiro atoms. The largest absolute Gasteiger partial charge is 0.496 e. The standard InChI is InChI=1S/C15H18N2O5/c1-17-15(19)9(8-18)5-11(16-17)14-12(21-3)6-10(20-2)7-13(14)22-4/h5-7,18H,8H2,1-4H3. The van der Waals surface area contributed by atoms with E-state index in [9.17, 15) is 9.90 Å². The number of nitrogens with zero attached hydrogens (tertiary/aromatic N) is 2. The summed E-state index contributed by atoms with van der Waals surface area (Å²) in [5, 5.41) is 13.5. The molecular weight excluding hydrogens is 288 g/mol. The van der Waals surface area contributed by atoms with Crippen LogP contribution in [0.3, 0.4) is 0 Å². The van der Waals surface area contributed by atoms with Crippen LogP contribution in [0.25, 0.3) is 11.3 Å². The van der Waals surface area contributed by atoms with E-state index in [4.69, 9.17) is 14.2 Å². The van der Waals surface area contributed by atoms with Gasteiger partial charge in [-0.15, -0.1) is 0 Å².